The minimum atomic E-state index is -0.520. The Morgan fingerprint density at radius 3 is 2.55 bits per heavy atom. The fourth-order valence-corrected chi connectivity index (χ4v) is 5.15. The lowest BCUT2D eigenvalue weighted by atomic mass is 10.1. The van der Waals surface area contributed by atoms with Gasteiger partial charge < -0.3 is 4.90 Å². The van der Waals surface area contributed by atoms with Crippen molar-refractivity contribution in [3.8, 4) is 0 Å². The van der Waals surface area contributed by atoms with E-state index in [-0.39, 0.29) is 11.9 Å². The SMILES string of the molecule is CC1CN(c2ccccc2)C2=[N+](C1)C1C(=O)N(CCN3CCCCC3)C(=O)N(C)C1=N2. The van der Waals surface area contributed by atoms with Crippen LogP contribution < -0.4 is 4.90 Å². The molecule has 0 spiro atoms. The van der Waals surface area contributed by atoms with Gasteiger partial charge in [0.1, 0.15) is 5.69 Å². The summed E-state index contributed by atoms with van der Waals surface area (Å²) in [6.07, 6.45) is 3.66. The Bertz CT molecular complexity index is 937. The lowest BCUT2D eigenvalue weighted by molar-refractivity contribution is -0.545. The number of aliphatic imine (C=N–C) groups is 1. The topological polar surface area (TPSA) is 62.5 Å². The number of likely N-dealkylation sites (N-methyl/N-ethyl adjacent to an activating group) is 1. The molecule has 4 aliphatic rings. The smallest absolute Gasteiger partial charge is 0.302 e. The van der Waals surface area contributed by atoms with Gasteiger partial charge in [-0.25, -0.2) is 14.3 Å². The van der Waals surface area contributed by atoms with E-state index in [0.29, 0.717) is 18.3 Å². The van der Waals surface area contributed by atoms with Crippen molar-refractivity contribution < 1.29 is 14.2 Å². The molecule has 2 fully saturated rings. The largest absolute Gasteiger partial charge is 0.397 e. The fraction of sp³-hybridized carbons (Fsp3) is 0.565. The maximum absolute atomic E-state index is 13.5. The fourth-order valence-electron chi connectivity index (χ4n) is 5.15. The average Bonchev–Trinajstić information content (AvgIpc) is 3.18. The van der Waals surface area contributed by atoms with Crippen LogP contribution in [0.5, 0.6) is 0 Å². The second-order valence-electron chi connectivity index (χ2n) is 9.11. The number of amidine groups is 1. The van der Waals surface area contributed by atoms with Crippen molar-refractivity contribution >= 4 is 29.4 Å². The molecule has 0 aliphatic carbocycles. The molecule has 3 amide bonds. The lowest BCUT2D eigenvalue weighted by Gasteiger charge is -2.36. The molecule has 0 bridgehead atoms. The summed E-state index contributed by atoms with van der Waals surface area (Å²) < 4.78 is 2.09. The Hall–Kier alpha value is -2.74. The summed E-state index contributed by atoms with van der Waals surface area (Å²) in [5, 5.41) is 0. The highest BCUT2D eigenvalue weighted by Gasteiger charge is 2.55. The summed E-state index contributed by atoms with van der Waals surface area (Å²) >= 11 is 0. The minimum absolute atomic E-state index is 0.143. The van der Waals surface area contributed by atoms with E-state index in [4.69, 9.17) is 4.99 Å². The van der Waals surface area contributed by atoms with Gasteiger partial charge in [-0.2, -0.15) is 0 Å². The van der Waals surface area contributed by atoms with Crippen molar-refractivity contribution in [3.05, 3.63) is 30.3 Å². The summed E-state index contributed by atoms with van der Waals surface area (Å²) in [6, 6.07) is 9.36. The lowest BCUT2D eigenvalue weighted by Crippen LogP contribution is -2.64. The summed E-state index contributed by atoms with van der Waals surface area (Å²) in [7, 11) is 1.74. The van der Waals surface area contributed by atoms with E-state index in [1.807, 2.05) is 18.2 Å². The molecule has 0 radical (unpaired) electrons. The number of carbonyl (C=O) groups is 2. The molecule has 0 aromatic heterocycles. The maximum Gasteiger partial charge on any atom is 0.397 e. The first kappa shape index (κ1) is 20.2. The van der Waals surface area contributed by atoms with Gasteiger partial charge in [-0.15, -0.1) is 0 Å². The Kier molecular flexibility index (Phi) is 5.25. The van der Waals surface area contributed by atoms with Gasteiger partial charge in [0.15, 0.2) is 0 Å². The third-order valence-electron chi connectivity index (χ3n) is 6.79. The summed E-state index contributed by atoms with van der Waals surface area (Å²) in [5.41, 5.74) is 1.06. The van der Waals surface area contributed by atoms with Crippen LogP contribution in [0.2, 0.25) is 0 Å². The van der Waals surface area contributed by atoms with Gasteiger partial charge in [0.25, 0.3) is 5.91 Å². The number of rotatable bonds is 4. The monoisotopic (exact) mass is 423 g/mol. The highest BCUT2D eigenvalue weighted by atomic mass is 16.2. The number of benzene rings is 1. The van der Waals surface area contributed by atoms with Crippen LogP contribution in [0.15, 0.2) is 35.3 Å². The van der Waals surface area contributed by atoms with E-state index in [0.717, 1.165) is 44.4 Å². The van der Waals surface area contributed by atoms with Gasteiger partial charge in [0, 0.05) is 26.1 Å². The molecule has 2 unspecified atom stereocenters. The van der Waals surface area contributed by atoms with Gasteiger partial charge >= 0.3 is 12.0 Å². The number of urea groups is 1. The van der Waals surface area contributed by atoms with E-state index in [9.17, 15) is 9.59 Å². The van der Waals surface area contributed by atoms with E-state index in [2.05, 4.69) is 33.4 Å². The number of nitrogens with zero attached hydrogens (tertiary/aromatic N) is 6. The molecular weight excluding hydrogens is 392 g/mol. The quantitative estimate of drug-likeness (QED) is 0.692. The van der Waals surface area contributed by atoms with E-state index in [1.165, 1.54) is 24.2 Å². The second-order valence-corrected chi connectivity index (χ2v) is 9.11. The Morgan fingerprint density at radius 2 is 1.81 bits per heavy atom. The van der Waals surface area contributed by atoms with Crippen LogP contribution in [0.25, 0.3) is 0 Å². The van der Waals surface area contributed by atoms with Crippen LogP contribution in [-0.4, -0.2) is 95.4 Å². The third-order valence-corrected chi connectivity index (χ3v) is 6.79. The Balaban J connectivity index is 1.43. The number of hydrogen-bond donors (Lipinski definition) is 0. The summed E-state index contributed by atoms with van der Waals surface area (Å²) in [6.45, 7) is 7.07. The van der Waals surface area contributed by atoms with E-state index in [1.54, 1.807) is 11.9 Å². The molecule has 8 heteroatoms. The second kappa shape index (κ2) is 8.07. The van der Waals surface area contributed by atoms with Crippen LogP contribution in [0.1, 0.15) is 26.2 Å². The van der Waals surface area contributed by atoms with E-state index < -0.39 is 6.04 Å². The summed E-state index contributed by atoms with van der Waals surface area (Å²) in [4.78, 5) is 39.0. The predicted octanol–water partition coefficient (Wildman–Crippen LogP) is 1.67. The predicted molar refractivity (Wildman–Crippen MR) is 119 cm³/mol. The molecule has 164 valence electrons. The number of guanidine groups is 1. The highest BCUT2D eigenvalue weighted by Crippen LogP contribution is 2.28. The molecule has 31 heavy (non-hydrogen) atoms. The third kappa shape index (κ3) is 3.52. The number of amides is 3. The Morgan fingerprint density at radius 1 is 1.06 bits per heavy atom. The number of likely N-dealkylation sites (tertiary alicyclic amines) is 1. The number of hydrogen-bond acceptors (Lipinski definition) is 5. The van der Waals surface area contributed by atoms with Gasteiger partial charge in [-0.1, -0.05) is 36.5 Å². The average molecular weight is 424 g/mol. The van der Waals surface area contributed by atoms with Crippen LogP contribution in [0, 0.1) is 5.92 Å². The highest BCUT2D eigenvalue weighted by molar-refractivity contribution is 6.24. The van der Waals surface area contributed by atoms with Crippen molar-refractivity contribution in [3.63, 3.8) is 0 Å². The number of imide groups is 1. The van der Waals surface area contributed by atoms with Gasteiger partial charge in [-0.05, 0) is 38.1 Å². The molecular formula is C23H31N6O2+. The van der Waals surface area contributed by atoms with Crippen molar-refractivity contribution in [1.82, 2.24) is 14.7 Å². The van der Waals surface area contributed by atoms with Gasteiger partial charge in [-0.3, -0.25) is 14.6 Å². The number of anilines is 1. The first-order valence-electron chi connectivity index (χ1n) is 11.4. The first-order valence-corrected chi connectivity index (χ1v) is 11.4. The zero-order valence-corrected chi connectivity index (χ0v) is 18.4. The molecule has 4 aliphatic heterocycles. The van der Waals surface area contributed by atoms with Crippen LogP contribution >= 0.6 is 0 Å². The standard InChI is InChI=1S/C23H31N6O2/c1-17-15-28(18-9-5-3-6-10-18)22-24-20-19(29(22)16-17)21(30)27(23(31)25(20)2)14-13-26-11-7-4-8-12-26/h3,5-6,9-10,17,19H,4,7-8,11-16H2,1-2H3/q+1. The minimum Gasteiger partial charge on any atom is -0.302 e. The van der Waals surface area contributed by atoms with E-state index >= 15 is 0 Å². The van der Waals surface area contributed by atoms with Crippen molar-refractivity contribution in [2.45, 2.75) is 32.2 Å². The number of fused-ring (bicyclic) bond motifs is 2. The van der Waals surface area contributed by atoms with Crippen LogP contribution in [0.4, 0.5) is 10.5 Å². The van der Waals surface area contributed by atoms with Crippen LogP contribution in [0.3, 0.4) is 0 Å². The van der Waals surface area contributed by atoms with Crippen molar-refractivity contribution in [2.75, 3.05) is 51.2 Å². The van der Waals surface area contributed by atoms with Crippen LogP contribution in [-0.2, 0) is 4.79 Å². The number of carbonyl (C=O) groups excluding carboxylic acids is 2. The van der Waals surface area contributed by atoms with Crippen molar-refractivity contribution in [2.24, 2.45) is 10.9 Å². The summed E-state index contributed by atoms with van der Waals surface area (Å²) in [5.74, 6) is 1.55. The van der Waals surface area contributed by atoms with Gasteiger partial charge in [0.2, 0.25) is 11.9 Å². The zero-order valence-electron chi connectivity index (χ0n) is 18.4. The maximum atomic E-state index is 13.5. The zero-order chi connectivity index (χ0) is 21.5. The van der Waals surface area contributed by atoms with Gasteiger partial charge in [0.05, 0.1) is 13.1 Å². The number of piperidine rings is 1. The molecule has 5 rings (SSSR count). The normalized spacial score (nSPS) is 26.9. The molecule has 1 aromatic carbocycles. The molecule has 4 heterocycles. The molecule has 0 saturated carbocycles. The van der Waals surface area contributed by atoms with Crippen molar-refractivity contribution in [1.29, 1.82) is 0 Å². The number of para-hydroxylation sites is 1. The molecule has 2 atom stereocenters. The molecule has 1 aromatic rings. The molecule has 2 saturated heterocycles. The molecule has 8 nitrogen and oxygen atoms in total. The first-order chi connectivity index (χ1) is 15.0. The Labute approximate surface area is 183 Å². The molecule has 0 N–H and O–H groups in total.